The summed E-state index contributed by atoms with van der Waals surface area (Å²) < 4.78 is 17.1. The summed E-state index contributed by atoms with van der Waals surface area (Å²) in [6.45, 7) is 12.8. The van der Waals surface area contributed by atoms with Gasteiger partial charge in [-0.2, -0.15) is 0 Å². The maximum Gasteiger partial charge on any atom is 0.191 e. The highest BCUT2D eigenvalue weighted by molar-refractivity contribution is 14.0. The van der Waals surface area contributed by atoms with Crippen LogP contribution < -0.4 is 15.4 Å². The minimum Gasteiger partial charge on any atom is -0.493 e. The third-order valence-electron chi connectivity index (χ3n) is 4.81. The number of hydrogen-bond acceptors (Lipinski definition) is 4. The fraction of sp³-hybridized carbons (Fsp3) is 0.696. The third kappa shape index (κ3) is 11.4. The van der Waals surface area contributed by atoms with Crippen molar-refractivity contribution in [3.05, 3.63) is 29.8 Å². The molecular formula is C23H40IN3O3. The van der Waals surface area contributed by atoms with E-state index in [1.165, 1.54) is 0 Å². The van der Waals surface area contributed by atoms with Crippen molar-refractivity contribution in [2.45, 2.75) is 46.6 Å². The summed E-state index contributed by atoms with van der Waals surface area (Å²) in [5, 5.41) is 6.70. The van der Waals surface area contributed by atoms with Crippen molar-refractivity contribution in [2.75, 3.05) is 46.1 Å². The van der Waals surface area contributed by atoms with Crippen molar-refractivity contribution in [1.29, 1.82) is 0 Å². The van der Waals surface area contributed by atoms with Crippen LogP contribution in [0.3, 0.4) is 0 Å². The quantitative estimate of drug-likeness (QED) is 0.172. The SMILES string of the molecule is CCNC(=NCc1ccccc1OCCC(C)C)NCCCOCC1CCOC1.I. The first kappa shape index (κ1) is 27.0. The average molecular weight is 533 g/mol. The second-order valence-corrected chi connectivity index (χ2v) is 7.92. The van der Waals surface area contributed by atoms with E-state index < -0.39 is 0 Å². The minimum atomic E-state index is 0. The third-order valence-corrected chi connectivity index (χ3v) is 4.81. The largest absolute Gasteiger partial charge is 0.493 e. The van der Waals surface area contributed by atoms with Gasteiger partial charge in [0.05, 0.1) is 26.4 Å². The van der Waals surface area contributed by atoms with Gasteiger partial charge in [-0.3, -0.25) is 0 Å². The molecule has 0 bridgehead atoms. The maximum absolute atomic E-state index is 5.97. The Labute approximate surface area is 199 Å². The summed E-state index contributed by atoms with van der Waals surface area (Å²) in [6.07, 6.45) is 3.13. The molecule has 2 N–H and O–H groups in total. The van der Waals surface area contributed by atoms with Crippen molar-refractivity contribution in [2.24, 2.45) is 16.8 Å². The molecule has 2 rings (SSSR count). The average Bonchev–Trinajstić information content (AvgIpc) is 3.22. The van der Waals surface area contributed by atoms with E-state index in [2.05, 4.69) is 37.5 Å². The molecule has 1 saturated heterocycles. The number of aliphatic imine (C=N–C) groups is 1. The van der Waals surface area contributed by atoms with Crippen LogP contribution in [0.2, 0.25) is 0 Å². The van der Waals surface area contributed by atoms with Gasteiger partial charge < -0.3 is 24.8 Å². The van der Waals surface area contributed by atoms with Crippen LogP contribution in [0.25, 0.3) is 0 Å². The highest BCUT2D eigenvalue weighted by Crippen LogP contribution is 2.19. The molecule has 1 fully saturated rings. The Balaban J connectivity index is 0.00000450. The number of para-hydroxylation sites is 1. The van der Waals surface area contributed by atoms with Crippen LogP contribution in [0.4, 0.5) is 0 Å². The molecule has 172 valence electrons. The molecule has 0 saturated carbocycles. The molecule has 1 aromatic carbocycles. The summed E-state index contributed by atoms with van der Waals surface area (Å²) in [5.41, 5.74) is 1.11. The van der Waals surface area contributed by atoms with Gasteiger partial charge in [-0.1, -0.05) is 32.0 Å². The van der Waals surface area contributed by atoms with Gasteiger partial charge in [0.25, 0.3) is 0 Å². The Morgan fingerprint density at radius 1 is 1.23 bits per heavy atom. The Morgan fingerprint density at radius 3 is 2.80 bits per heavy atom. The van der Waals surface area contributed by atoms with Crippen LogP contribution in [-0.2, 0) is 16.0 Å². The topological polar surface area (TPSA) is 64.1 Å². The Kier molecular flexibility index (Phi) is 14.9. The molecule has 1 aromatic rings. The second kappa shape index (κ2) is 16.6. The molecule has 7 heteroatoms. The van der Waals surface area contributed by atoms with Crippen molar-refractivity contribution < 1.29 is 14.2 Å². The summed E-state index contributed by atoms with van der Waals surface area (Å²) in [4.78, 5) is 4.73. The molecule has 0 amide bonds. The van der Waals surface area contributed by atoms with E-state index in [0.29, 0.717) is 18.4 Å². The molecule has 0 radical (unpaired) electrons. The Hall–Kier alpha value is -1.06. The lowest BCUT2D eigenvalue weighted by Gasteiger charge is -2.14. The first-order chi connectivity index (χ1) is 14.2. The molecule has 30 heavy (non-hydrogen) atoms. The van der Waals surface area contributed by atoms with E-state index >= 15 is 0 Å². The number of ether oxygens (including phenoxy) is 3. The molecular weight excluding hydrogens is 493 g/mol. The molecule has 1 unspecified atom stereocenters. The van der Waals surface area contributed by atoms with Crippen LogP contribution in [0.15, 0.2) is 29.3 Å². The Bertz CT molecular complexity index is 593. The van der Waals surface area contributed by atoms with Crippen molar-refractivity contribution >= 4 is 29.9 Å². The minimum absolute atomic E-state index is 0. The number of benzene rings is 1. The highest BCUT2D eigenvalue weighted by atomic mass is 127. The van der Waals surface area contributed by atoms with Crippen LogP contribution in [0.1, 0.15) is 45.6 Å². The zero-order valence-electron chi connectivity index (χ0n) is 18.8. The number of nitrogens with zero attached hydrogens (tertiary/aromatic N) is 1. The predicted octanol–water partition coefficient (Wildman–Crippen LogP) is 4.23. The molecule has 1 aliphatic rings. The monoisotopic (exact) mass is 533 g/mol. The fourth-order valence-corrected chi connectivity index (χ4v) is 3.03. The van der Waals surface area contributed by atoms with E-state index in [1.807, 2.05) is 18.2 Å². The van der Waals surface area contributed by atoms with Gasteiger partial charge in [0.2, 0.25) is 0 Å². The van der Waals surface area contributed by atoms with E-state index in [1.54, 1.807) is 0 Å². The van der Waals surface area contributed by atoms with E-state index in [4.69, 9.17) is 19.2 Å². The van der Waals surface area contributed by atoms with Gasteiger partial charge in [0.15, 0.2) is 5.96 Å². The van der Waals surface area contributed by atoms with Crippen molar-refractivity contribution in [1.82, 2.24) is 10.6 Å². The lowest BCUT2D eigenvalue weighted by atomic mass is 10.1. The smallest absolute Gasteiger partial charge is 0.191 e. The lowest BCUT2D eigenvalue weighted by molar-refractivity contribution is 0.0888. The summed E-state index contributed by atoms with van der Waals surface area (Å²) in [5.74, 6) is 2.97. The van der Waals surface area contributed by atoms with Gasteiger partial charge in [-0.15, -0.1) is 24.0 Å². The lowest BCUT2D eigenvalue weighted by Crippen LogP contribution is -2.38. The number of nitrogens with one attached hydrogen (secondary N) is 2. The molecule has 6 nitrogen and oxygen atoms in total. The zero-order chi connectivity index (χ0) is 20.7. The number of hydrogen-bond donors (Lipinski definition) is 2. The zero-order valence-corrected chi connectivity index (χ0v) is 21.2. The maximum atomic E-state index is 5.97. The molecule has 0 aromatic heterocycles. The molecule has 1 heterocycles. The van der Waals surface area contributed by atoms with Crippen LogP contribution in [-0.4, -0.2) is 52.1 Å². The molecule has 1 atom stereocenters. The molecule has 0 aliphatic carbocycles. The standard InChI is InChI=1S/C23H39N3O3.HI/c1-4-24-23(25-12-7-13-27-17-20-11-14-28-18-20)26-16-21-8-5-6-9-22(21)29-15-10-19(2)3;/h5-6,8-9,19-20H,4,7,10-18H2,1-3H3,(H2,24,25,26);1H. The van der Waals surface area contributed by atoms with Gasteiger partial charge in [-0.25, -0.2) is 4.99 Å². The second-order valence-electron chi connectivity index (χ2n) is 7.92. The predicted molar refractivity (Wildman–Crippen MR) is 134 cm³/mol. The molecule has 0 spiro atoms. The highest BCUT2D eigenvalue weighted by Gasteiger charge is 2.15. The van der Waals surface area contributed by atoms with E-state index in [9.17, 15) is 0 Å². The van der Waals surface area contributed by atoms with Crippen LogP contribution in [0.5, 0.6) is 5.75 Å². The first-order valence-corrected chi connectivity index (χ1v) is 11.1. The van der Waals surface area contributed by atoms with Crippen molar-refractivity contribution in [3.8, 4) is 5.75 Å². The van der Waals surface area contributed by atoms with Crippen LogP contribution >= 0.6 is 24.0 Å². The van der Waals surface area contributed by atoms with Crippen molar-refractivity contribution in [3.63, 3.8) is 0 Å². The number of guanidine groups is 1. The number of rotatable bonds is 13. The summed E-state index contributed by atoms with van der Waals surface area (Å²) in [7, 11) is 0. The van der Waals surface area contributed by atoms with Gasteiger partial charge >= 0.3 is 0 Å². The van der Waals surface area contributed by atoms with Gasteiger partial charge in [0, 0.05) is 37.8 Å². The van der Waals surface area contributed by atoms with E-state index in [-0.39, 0.29) is 24.0 Å². The van der Waals surface area contributed by atoms with Gasteiger partial charge in [0.1, 0.15) is 5.75 Å². The van der Waals surface area contributed by atoms with Gasteiger partial charge in [-0.05, 0) is 38.2 Å². The molecule has 1 aliphatic heterocycles. The summed E-state index contributed by atoms with van der Waals surface area (Å²) >= 11 is 0. The fourth-order valence-electron chi connectivity index (χ4n) is 3.03. The Morgan fingerprint density at radius 2 is 2.07 bits per heavy atom. The first-order valence-electron chi connectivity index (χ1n) is 11.1. The normalized spacial score (nSPS) is 16.4. The van der Waals surface area contributed by atoms with Crippen LogP contribution in [0, 0.1) is 11.8 Å². The van der Waals surface area contributed by atoms with E-state index in [0.717, 1.165) is 82.7 Å². The summed E-state index contributed by atoms with van der Waals surface area (Å²) in [6, 6.07) is 8.16. The number of halogens is 1.